The summed E-state index contributed by atoms with van der Waals surface area (Å²) in [5.41, 5.74) is -1.08. The van der Waals surface area contributed by atoms with Gasteiger partial charge in [-0.15, -0.1) is 0 Å². The highest BCUT2D eigenvalue weighted by Gasteiger charge is 2.42. The minimum Gasteiger partial charge on any atom is -0.394 e. The smallest absolute Gasteiger partial charge is 0.252 e. The third-order valence-electron chi connectivity index (χ3n) is 4.19. The summed E-state index contributed by atoms with van der Waals surface area (Å²) < 4.78 is 5.54. The van der Waals surface area contributed by atoms with Gasteiger partial charge in [0.1, 0.15) is 5.60 Å². The number of carbonyl (C=O) groups is 1. The topological polar surface area (TPSA) is 58.6 Å². The summed E-state index contributed by atoms with van der Waals surface area (Å²) in [7, 11) is 0. The molecule has 17 heavy (non-hydrogen) atoms. The Kier molecular flexibility index (Phi) is 3.73. The van der Waals surface area contributed by atoms with Gasteiger partial charge in [-0.25, -0.2) is 0 Å². The Morgan fingerprint density at radius 2 is 1.94 bits per heavy atom. The van der Waals surface area contributed by atoms with Crippen LogP contribution in [-0.4, -0.2) is 35.4 Å². The van der Waals surface area contributed by atoms with Gasteiger partial charge in [0.25, 0.3) is 5.91 Å². The van der Waals surface area contributed by atoms with E-state index in [-0.39, 0.29) is 12.5 Å². The highest BCUT2D eigenvalue weighted by Crippen LogP contribution is 2.31. The molecule has 1 amide bonds. The van der Waals surface area contributed by atoms with Crippen LogP contribution in [0.5, 0.6) is 0 Å². The molecule has 0 aromatic carbocycles. The van der Waals surface area contributed by atoms with Gasteiger partial charge in [-0.05, 0) is 32.6 Å². The number of rotatable bonds is 3. The molecule has 2 N–H and O–H groups in total. The van der Waals surface area contributed by atoms with Crippen molar-refractivity contribution in [3.8, 4) is 0 Å². The SMILES string of the molecule is CC1(C(=O)NC2(CO)CCCCC2)CCCO1. The van der Waals surface area contributed by atoms with Gasteiger partial charge in [0.05, 0.1) is 12.1 Å². The van der Waals surface area contributed by atoms with E-state index in [1.165, 1.54) is 6.42 Å². The summed E-state index contributed by atoms with van der Waals surface area (Å²) in [5.74, 6) is -0.0500. The van der Waals surface area contributed by atoms with Crippen LogP contribution >= 0.6 is 0 Å². The van der Waals surface area contributed by atoms with Gasteiger partial charge in [0.2, 0.25) is 0 Å². The standard InChI is InChI=1S/C13H23NO3/c1-12(6-5-9-17-12)11(16)14-13(10-15)7-3-2-4-8-13/h15H,2-10H2,1H3,(H,14,16). The molecular formula is C13H23NO3. The fraction of sp³-hybridized carbons (Fsp3) is 0.923. The molecule has 98 valence electrons. The summed E-state index contributed by atoms with van der Waals surface area (Å²) >= 11 is 0. The van der Waals surface area contributed by atoms with Gasteiger partial charge >= 0.3 is 0 Å². The molecule has 1 saturated heterocycles. The first-order valence-electron chi connectivity index (χ1n) is 6.68. The van der Waals surface area contributed by atoms with E-state index in [0.29, 0.717) is 6.61 Å². The Labute approximate surface area is 103 Å². The molecule has 2 rings (SSSR count). The molecule has 1 aliphatic carbocycles. The average molecular weight is 241 g/mol. The van der Waals surface area contributed by atoms with Crippen molar-refractivity contribution in [1.29, 1.82) is 0 Å². The van der Waals surface area contributed by atoms with Gasteiger partial charge in [-0.1, -0.05) is 19.3 Å². The number of hydrogen-bond donors (Lipinski definition) is 2. The molecule has 1 aliphatic heterocycles. The van der Waals surface area contributed by atoms with Crippen molar-refractivity contribution in [2.24, 2.45) is 0 Å². The first-order valence-corrected chi connectivity index (χ1v) is 6.68. The fourth-order valence-corrected chi connectivity index (χ4v) is 2.88. The van der Waals surface area contributed by atoms with Crippen LogP contribution in [0.2, 0.25) is 0 Å². The van der Waals surface area contributed by atoms with Crippen LogP contribution in [0.15, 0.2) is 0 Å². The lowest BCUT2D eigenvalue weighted by atomic mass is 9.81. The van der Waals surface area contributed by atoms with Gasteiger partial charge in [0, 0.05) is 6.61 Å². The lowest BCUT2D eigenvalue weighted by Crippen LogP contribution is -2.58. The molecular weight excluding hydrogens is 218 g/mol. The van der Waals surface area contributed by atoms with Crippen molar-refractivity contribution in [2.45, 2.75) is 63.0 Å². The van der Waals surface area contributed by atoms with E-state index in [2.05, 4.69) is 5.32 Å². The minimum atomic E-state index is -0.681. The van der Waals surface area contributed by atoms with Crippen molar-refractivity contribution in [1.82, 2.24) is 5.32 Å². The second kappa shape index (κ2) is 4.94. The monoisotopic (exact) mass is 241 g/mol. The highest BCUT2D eigenvalue weighted by atomic mass is 16.5. The molecule has 0 aromatic heterocycles. The predicted molar refractivity (Wildman–Crippen MR) is 64.6 cm³/mol. The van der Waals surface area contributed by atoms with Gasteiger partial charge in [-0.2, -0.15) is 0 Å². The third-order valence-corrected chi connectivity index (χ3v) is 4.19. The van der Waals surface area contributed by atoms with E-state index < -0.39 is 11.1 Å². The molecule has 1 atom stereocenters. The maximum Gasteiger partial charge on any atom is 0.252 e. The molecule has 0 bridgehead atoms. The molecule has 2 fully saturated rings. The Morgan fingerprint density at radius 3 is 2.47 bits per heavy atom. The van der Waals surface area contributed by atoms with E-state index >= 15 is 0 Å². The second-order valence-corrected chi connectivity index (χ2v) is 5.64. The summed E-state index contributed by atoms with van der Waals surface area (Å²) in [6, 6.07) is 0. The Hall–Kier alpha value is -0.610. The Morgan fingerprint density at radius 1 is 1.24 bits per heavy atom. The number of carbonyl (C=O) groups excluding carboxylic acids is 1. The van der Waals surface area contributed by atoms with Crippen LogP contribution in [0.3, 0.4) is 0 Å². The molecule has 0 radical (unpaired) electrons. The quantitative estimate of drug-likeness (QED) is 0.784. The minimum absolute atomic E-state index is 0.0365. The molecule has 0 spiro atoms. The first-order chi connectivity index (χ1) is 8.10. The number of aliphatic hydroxyl groups excluding tert-OH is 1. The summed E-state index contributed by atoms with van der Waals surface area (Å²) in [4.78, 5) is 12.3. The van der Waals surface area contributed by atoms with Crippen molar-refractivity contribution in [3.05, 3.63) is 0 Å². The Balaban J connectivity index is 2.00. The van der Waals surface area contributed by atoms with Crippen LogP contribution in [-0.2, 0) is 9.53 Å². The molecule has 1 saturated carbocycles. The predicted octanol–water partition coefficient (Wildman–Crippen LogP) is 1.37. The zero-order valence-electron chi connectivity index (χ0n) is 10.6. The van der Waals surface area contributed by atoms with Gasteiger partial charge in [-0.3, -0.25) is 4.79 Å². The van der Waals surface area contributed by atoms with Crippen molar-refractivity contribution >= 4 is 5.91 Å². The zero-order chi connectivity index (χ0) is 12.4. The van der Waals surface area contributed by atoms with E-state index in [1.807, 2.05) is 6.92 Å². The average Bonchev–Trinajstić information content (AvgIpc) is 2.79. The van der Waals surface area contributed by atoms with Crippen molar-refractivity contribution < 1.29 is 14.6 Å². The maximum atomic E-state index is 12.3. The molecule has 1 unspecified atom stereocenters. The van der Waals surface area contributed by atoms with E-state index in [4.69, 9.17) is 4.74 Å². The lowest BCUT2D eigenvalue weighted by Gasteiger charge is -2.38. The molecule has 1 heterocycles. The van der Waals surface area contributed by atoms with Gasteiger partial charge in [0.15, 0.2) is 0 Å². The normalized spacial score (nSPS) is 32.4. The molecule has 2 aliphatic rings. The van der Waals surface area contributed by atoms with E-state index in [1.54, 1.807) is 0 Å². The van der Waals surface area contributed by atoms with Crippen LogP contribution < -0.4 is 5.32 Å². The second-order valence-electron chi connectivity index (χ2n) is 5.64. The van der Waals surface area contributed by atoms with Crippen molar-refractivity contribution in [3.63, 3.8) is 0 Å². The lowest BCUT2D eigenvalue weighted by molar-refractivity contribution is -0.142. The number of amides is 1. The van der Waals surface area contributed by atoms with E-state index in [0.717, 1.165) is 38.5 Å². The molecule has 4 heteroatoms. The number of nitrogens with one attached hydrogen (secondary N) is 1. The summed E-state index contributed by atoms with van der Waals surface area (Å²) in [6.07, 6.45) is 6.84. The number of aliphatic hydroxyl groups is 1. The summed E-state index contributed by atoms with van der Waals surface area (Å²) in [5, 5.41) is 12.6. The van der Waals surface area contributed by atoms with Crippen LogP contribution in [0.25, 0.3) is 0 Å². The maximum absolute atomic E-state index is 12.3. The first kappa shape index (κ1) is 12.8. The van der Waals surface area contributed by atoms with Crippen LogP contribution in [0.1, 0.15) is 51.9 Å². The molecule has 0 aromatic rings. The summed E-state index contributed by atoms with van der Waals surface area (Å²) in [6.45, 7) is 2.55. The molecule has 4 nitrogen and oxygen atoms in total. The van der Waals surface area contributed by atoms with Gasteiger partial charge < -0.3 is 15.2 Å². The Bertz CT molecular complexity index is 278. The number of hydrogen-bond acceptors (Lipinski definition) is 3. The third kappa shape index (κ3) is 2.63. The van der Waals surface area contributed by atoms with Crippen molar-refractivity contribution in [2.75, 3.05) is 13.2 Å². The largest absolute Gasteiger partial charge is 0.394 e. The highest BCUT2D eigenvalue weighted by molar-refractivity contribution is 5.85. The van der Waals surface area contributed by atoms with E-state index in [9.17, 15) is 9.90 Å². The fourth-order valence-electron chi connectivity index (χ4n) is 2.88. The van der Waals surface area contributed by atoms with Crippen LogP contribution in [0.4, 0.5) is 0 Å². The number of ether oxygens (including phenoxy) is 1. The zero-order valence-corrected chi connectivity index (χ0v) is 10.6. The van der Waals surface area contributed by atoms with Crippen LogP contribution in [0, 0.1) is 0 Å².